The van der Waals surface area contributed by atoms with E-state index in [-0.39, 0.29) is 12.0 Å². The predicted molar refractivity (Wildman–Crippen MR) is 119 cm³/mol. The van der Waals surface area contributed by atoms with Gasteiger partial charge >= 0.3 is 0 Å². The maximum absolute atomic E-state index is 13.1. The van der Waals surface area contributed by atoms with Gasteiger partial charge < -0.3 is 19.9 Å². The molecule has 2 fully saturated rings. The molecular formula is C25H30N2O4. The minimum Gasteiger partial charge on any atom is -0.508 e. The smallest absolute Gasteiger partial charge is 0.235 e. The summed E-state index contributed by atoms with van der Waals surface area (Å²) in [6.07, 6.45) is 6.27. The number of benzene rings is 2. The van der Waals surface area contributed by atoms with Gasteiger partial charge in [0.05, 0.1) is 18.6 Å². The number of piperidine rings is 1. The second kappa shape index (κ2) is 8.08. The summed E-state index contributed by atoms with van der Waals surface area (Å²) in [7, 11) is 1.66. The van der Waals surface area contributed by atoms with Crippen molar-refractivity contribution in [2.75, 3.05) is 25.5 Å². The fraction of sp³-hybridized carbons (Fsp3) is 0.480. The number of aromatic hydroxyl groups is 1. The number of anilines is 1. The van der Waals surface area contributed by atoms with Gasteiger partial charge in [0, 0.05) is 23.9 Å². The maximum Gasteiger partial charge on any atom is 0.235 e. The van der Waals surface area contributed by atoms with Gasteiger partial charge in [0.2, 0.25) is 5.91 Å². The Balaban J connectivity index is 1.36. The van der Waals surface area contributed by atoms with E-state index in [0.717, 1.165) is 61.3 Å². The first-order chi connectivity index (χ1) is 15.1. The Hall–Kier alpha value is -2.73. The molecule has 1 saturated carbocycles. The van der Waals surface area contributed by atoms with E-state index in [9.17, 15) is 9.90 Å². The number of nitrogens with zero attached hydrogens (tertiary/aromatic N) is 1. The Kier molecular flexibility index (Phi) is 5.26. The van der Waals surface area contributed by atoms with Gasteiger partial charge in [0.15, 0.2) is 11.5 Å². The number of fused-ring (bicyclic) bond motifs is 2. The number of rotatable bonds is 5. The van der Waals surface area contributed by atoms with Gasteiger partial charge in [-0.3, -0.25) is 9.69 Å². The molecule has 2 aliphatic heterocycles. The van der Waals surface area contributed by atoms with Crippen LogP contribution in [0.15, 0.2) is 36.4 Å². The van der Waals surface area contributed by atoms with Crippen LogP contribution >= 0.6 is 0 Å². The standard InChI is InChI=1S/C25H30N2O4/c1-30-22-14-19-20(15-23(22)31-18-7-3-4-8-18)26-24(29)25(19)10-12-27(13-11-25)16-17-6-2-5-9-21(17)28/h2,5-6,9,14-15,18,28H,3-4,7-8,10-13,16H2,1H3,(H,26,29). The number of ether oxygens (including phenoxy) is 2. The molecule has 0 bridgehead atoms. The molecule has 0 aromatic heterocycles. The van der Waals surface area contributed by atoms with Crippen molar-refractivity contribution in [1.82, 2.24) is 4.90 Å². The van der Waals surface area contributed by atoms with Gasteiger partial charge in [-0.2, -0.15) is 0 Å². The Morgan fingerprint density at radius 3 is 2.58 bits per heavy atom. The number of likely N-dealkylation sites (tertiary alicyclic amines) is 1. The molecule has 0 radical (unpaired) electrons. The highest BCUT2D eigenvalue weighted by atomic mass is 16.5. The normalized spacial score (nSPS) is 20.6. The van der Waals surface area contributed by atoms with Gasteiger partial charge in [0.25, 0.3) is 0 Å². The highest BCUT2D eigenvalue weighted by Crippen LogP contribution is 2.49. The Bertz CT molecular complexity index is 975. The number of carbonyl (C=O) groups is 1. The molecule has 6 nitrogen and oxygen atoms in total. The third kappa shape index (κ3) is 3.63. The van der Waals surface area contributed by atoms with Crippen LogP contribution in [0.1, 0.15) is 49.7 Å². The molecule has 5 rings (SSSR count). The lowest BCUT2D eigenvalue weighted by atomic mass is 9.73. The fourth-order valence-corrected chi connectivity index (χ4v) is 5.34. The summed E-state index contributed by atoms with van der Waals surface area (Å²) in [4.78, 5) is 15.4. The molecule has 31 heavy (non-hydrogen) atoms. The first-order valence-corrected chi connectivity index (χ1v) is 11.3. The zero-order valence-corrected chi connectivity index (χ0v) is 18.0. The zero-order valence-electron chi connectivity index (χ0n) is 18.0. The number of hydrogen-bond donors (Lipinski definition) is 2. The molecule has 1 saturated heterocycles. The molecule has 164 valence electrons. The first kappa shape index (κ1) is 20.2. The molecule has 3 aliphatic rings. The third-order valence-electron chi connectivity index (χ3n) is 7.19. The quantitative estimate of drug-likeness (QED) is 0.755. The van der Waals surface area contributed by atoms with Crippen molar-refractivity contribution in [3.05, 3.63) is 47.5 Å². The molecule has 2 N–H and O–H groups in total. The molecule has 2 aromatic rings. The third-order valence-corrected chi connectivity index (χ3v) is 7.19. The summed E-state index contributed by atoms with van der Waals surface area (Å²) in [5.74, 6) is 1.83. The number of methoxy groups -OCH3 is 1. The molecule has 1 spiro atoms. The van der Waals surface area contributed by atoms with Gasteiger partial charge in [-0.05, 0) is 69.3 Å². The number of phenols is 1. The molecule has 2 aromatic carbocycles. The van der Waals surface area contributed by atoms with E-state index < -0.39 is 5.41 Å². The molecule has 0 atom stereocenters. The number of hydrogen-bond acceptors (Lipinski definition) is 5. The molecular weight excluding hydrogens is 392 g/mol. The summed E-state index contributed by atoms with van der Waals surface area (Å²) in [5.41, 5.74) is 2.28. The summed E-state index contributed by atoms with van der Waals surface area (Å²) in [6.45, 7) is 2.28. The van der Waals surface area contributed by atoms with Gasteiger partial charge in [-0.25, -0.2) is 0 Å². The highest BCUT2D eigenvalue weighted by molar-refractivity contribution is 6.06. The van der Waals surface area contributed by atoms with Crippen molar-refractivity contribution >= 4 is 11.6 Å². The van der Waals surface area contributed by atoms with Gasteiger partial charge in [0.1, 0.15) is 5.75 Å². The molecule has 1 aliphatic carbocycles. The van der Waals surface area contributed by atoms with Crippen LogP contribution in [-0.4, -0.2) is 42.2 Å². The average molecular weight is 423 g/mol. The van der Waals surface area contributed by atoms with Crippen molar-refractivity contribution in [3.8, 4) is 17.2 Å². The number of amides is 1. The van der Waals surface area contributed by atoms with Crippen molar-refractivity contribution in [2.45, 2.75) is 56.6 Å². The average Bonchev–Trinajstić information content (AvgIpc) is 3.37. The van der Waals surface area contributed by atoms with Crippen LogP contribution in [0.3, 0.4) is 0 Å². The number of carbonyl (C=O) groups excluding carboxylic acids is 1. The summed E-state index contributed by atoms with van der Waals surface area (Å²) in [6, 6.07) is 11.4. The van der Waals surface area contributed by atoms with Crippen LogP contribution in [-0.2, 0) is 16.8 Å². The Labute approximate surface area is 183 Å². The lowest BCUT2D eigenvalue weighted by molar-refractivity contribution is -0.122. The van der Waals surface area contributed by atoms with E-state index in [1.54, 1.807) is 13.2 Å². The monoisotopic (exact) mass is 422 g/mol. The minimum atomic E-state index is -0.524. The summed E-state index contributed by atoms with van der Waals surface area (Å²) >= 11 is 0. The lowest BCUT2D eigenvalue weighted by Gasteiger charge is -2.38. The van der Waals surface area contributed by atoms with Gasteiger partial charge in [-0.15, -0.1) is 0 Å². The second-order valence-electron chi connectivity index (χ2n) is 9.01. The zero-order chi connectivity index (χ0) is 21.4. The number of para-hydroxylation sites is 1. The SMILES string of the molecule is COc1cc2c(cc1OC1CCCC1)NC(=O)C21CCN(Cc2ccccc2O)CC1. The van der Waals surface area contributed by atoms with E-state index in [0.29, 0.717) is 18.0 Å². The molecule has 6 heteroatoms. The number of phenolic OH excluding ortho intramolecular Hbond substituents is 1. The molecule has 2 heterocycles. The predicted octanol–water partition coefficient (Wildman–Crippen LogP) is 4.21. The van der Waals surface area contributed by atoms with Crippen molar-refractivity contribution in [3.63, 3.8) is 0 Å². The Morgan fingerprint density at radius 1 is 1.13 bits per heavy atom. The van der Waals surface area contributed by atoms with Crippen molar-refractivity contribution in [2.24, 2.45) is 0 Å². The summed E-state index contributed by atoms with van der Waals surface area (Å²) in [5, 5.41) is 13.2. The van der Waals surface area contributed by atoms with Crippen LogP contribution < -0.4 is 14.8 Å². The van der Waals surface area contributed by atoms with Crippen LogP contribution in [0.4, 0.5) is 5.69 Å². The fourth-order valence-electron chi connectivity index (χ4n) is 5.34. The maximum atomic E-state index is 13.1. The van der Waals surface area contributed by atoms with Crippen LogP contribution in [0.2, 0.25) is 0 Å². The number of nitrogens with one attached hydrogen (secondary N) is 1. The van der Waals surface area contributed by atoms with E-state index in [1.165, 1.54) is 12.8 Å². The van der Waals surface area contributed by atoms with Crippen molar-refractivity contribution < 1.29 is 19.4 Å². The lowest BCUT2D eigenvalue weighted by Crippen LogP contribution is -2.46. The van der Waals surface area contributed by atoms with Crippen LogP contribution in [0.25, 0.3) is 0 Å². The molecule has 0 unspecified atom stereocenters. The van der Waals surface area contributed by atoms with Crippen LogP contribution in [0.5, 0.6) is 17.2 Å². The minimum absolute atomic E-state index is 0.0739. The molecule has 1 amide bonds. The second-order valence-corrected chi connectivity index (χ2v) is 9.01. The first-order valence-electron chi connectivity index (χ1n) is 11.3. The van der Waals surface area contributed by atoms with Crippen LogP contribution in [0, 0.1) is 0 Å². The highest BCUT2D eigenvalue weighted by Gasteiger charge is 2.49. The van der Waals surface area contributed by atoms with E-state index in [4.69, 9.17) is 9.47 Å². The largest absolute Gasteiger partial charge is 0.508 e. The van der Waals surface area contributed by atoms with E-state index >= 15 is 0 Å². The van der Waals surface area contributed by atoms with Gasteiger partial charge in [-0.1, -0.05) is 18.2 Å². The topological polar surface area (TPSA) is 71.0 Å². The Morgan fingerprint density at radius 2 is 1.87 bits per heavy atom. The van der Waals surface area contributed by atoms with Crippen molar-refractivity contribution in [1.29, 1.82) is 0 Å². The van der Waals surface area contributed by atoms with E-state index in [1.807, 2.05) is 30.3 Å². The summed E-state index contributed by atoms with van der Waals surface area (Å²) < 4.78 is 11.9. The van der Waals surface area contributed by atoms with E-state index in [2.05, 4.69) is 10.2 Å².